The van der Waals surface area contributed by atoms with Gasteiger partial charge in [0.05, 0.1) is 5.41 Å². The average molecular weight is 768 g/mol. The molecule has 0 radical (unpaired) electrons. The SMILES string of the molecule is CC1CC=CC2=C1C1(c3ccccc32)c2ccccc2-c2ccc(N(c3ccc(-c4ccccc4)cc3)c3ccc4c(c3)-c3cc(-c5ccccc5)ccc3C4(C)C)cc21. The fourth-order valence-electron chi connectivity index (χ4n) is 11.4. The standard InChI is InChI=1S/C59H45N/c1-38-15-14-22-49-47-21-11-13-24-55(47)59(57(38)49)54-23-12-10-20-46(54)48-32-30-45(37-56(48)59)60(43-28-25-41(26-29-43)39-16-6-4-7-17-39)44-31-34-53-51(36-44)50-35-42(40-18-8-5-9-19-40)27-33-52(50)58(53,2)3/h4-14,16-38H,15H2,1-3H3. The molecule has 0 heterocycles. The van der Waals surface area contributed by atoms with Gasteiger partial charge in [0.25, 0.3) is 0 Å². The summed E-state index contributed by atoms with van der Waals surface area (Å²) in [4.78, 5) is 2.50. The van der Waals surface area contributed by atoms with Gasteiger partial charge in [0.1, 0.15) is 0 Å². The molecule has 1 nitrogen and oxygen atoms in total. The van der Waals surface area contributed by atoms with Crippen LogP contribution >= 0.6 is 0 Å². The van der Waals surface area contributed by atoms with E-state index in [-0.39, 0.29) is 10.8 Å². The summed E-state index contributed by atoms with van der Waals surface area (Å²) in [6.07, 6.45) is 5.83. The molecule has 4 aliphatic rings. The van der Waals surface area contributed by atoms with Crippen molar-refractivity contribution >= 4 is 22.6 Å². The van der Waals surface area contributed by atoms with Crippen molar-refractivity contribution in [1.82, 2.24) is 0 Å². The van der Waals surface area contributed by atoms with Crippen molar-refractivity contribution in [2.75, 3.05) is 4.90 Å². The van der Waals surface area contributed by atoms with Crippen molar-refractivity contribution in [3.05, 3.63) is 239 Å². The topological polar surface area (TPSA) is 3.24 Å². The van der Waals surface area contributed by atoms with Gasteiger partial charge in [0.2, 0.25) is 0 Å². The third-order valence-corrected chi connectivity index (χ3v) is 14.1. The maximum atomic E-state index is 2.54. The summed E-state index contributed by atoms with van der Waals surface area (Å²) in [6.45, 7) is 7.19. The highest BCUT2D eigenvalue weighted by Crippen LogP contribution is 2.65. The van der Waals surface area contributed by atoms with Gasteiger partial charge in [-0.3, -0.25) is 0 Å². The van der Waals surface area contributed by atoms with E-state index in [1.165, 1.54) is 83.5 Å². The Balaban J connectivity index is 1.09. The summed E-state index contributed by atoms with van der Waals surface area (Å²) in [6, 6.07) is 70.6. The van der Waals surface area contributed by atoms with Crippen LogP contribution in [0.15, 0.2) is 206 Å². The Bertz CT molecular complexity index is 3090. The molecule has 0 amide bonds. The summed E-state index contributed by atoms with van der Waals surface area (Å²) < 4.78 is 0. The first kappa shape index (κ1) is 35.0. The quantitative estimate of drug-likeness (QED) is 0.169. The largest absolute Gasteiger partial charge is 0.310 e. The van der Waals surface area contributed by atoms with Crippen LogP contribution in [0, 0.1) is 5.92 Å². The number of rotatable bonds is 5. The molecule has 0 fully saturated rings. The maximum Gasteiger partial charge on any atom is 0.0691 e. The first-order chi connectivity index (χ1) is 29.4. The van der Waals surface area contributed by atoms with Gasteiger partial charge >= 0.3 is 0 Å². The zero-order valence-electron chi connectivity index (χ0n) is 34.3. The molecule has 0 saturated carbocycles. The van der Waals surface area contributed by atoms with Crippen LogP contribution in [0.5, 0.6) is 0 Å². The minimum Gasteiger partial charge on any atom is -0.310 e. The lowest BCUT2D eigenvalue weighted by molar-refractivity contribution is 0.591. The Morgan fingerprint density at radius 2 is 0.933 bits per heavy atom. The molecular formula is C59H45N. The van der Waals surface area contributed by atoms with Crippen molar-refractivity contribution in [2.24, 2.45) is 5.92 Å². The van der Waals surface area contributed by atoms with E-state index < -0.39 is 0 Å². The Morgan fingerprint density at radius 1 is 0.417 bits per heavy atom. The monoisotopic (exact) mass is 767 g/mol. The van der Waals surface area contributed by atoms with E-state index >= 15 is 0 Å². The van der Waals surface area contributed by atoms with E-state index in [1.54, 1.807) is 5.57 Å². The molecule has 0 saturated heterocycles. The van der Waals surface area contributed by atoms with E-state index in [9.17, 15) is 0 Å². The Kier molecular flexibility index (Phi) is 7.60. The van der Waals surface area contributed by atoms with E-state index in [0.29, 0.717) is 5.92 Å². The van der Waals surface area contributed by atoms with Crippen LogP contribution in [0.4, 0.5) is 17.1 Å². The first-order valence-electron chi connectivity index (χ1n) is 21.5. The Morgan fingerprint density at radius 3 is 1.67 bits per heavy atom. The van der Waals surface area contributed by atoms with E-state index in [4.69, 9.17) is 0 Å². The lowest BCUT2D eigenvalue weighted by Crippen LogP contribution is -2.31. The van der Waals surface area contributed by atoms with Crippen LogP contribution in [0.25, 0.3) is 50.1 Å². The molecular weight excluding hydrogens is 723 g/mol. The van der Waals surface area contributed by atoms with Crippen LogP contribution in [0.2, 0.25) is 0 Å². The molecule has 286 valence electrons. The number of fused-ring (bicyclic) bond motifs is 12. The van der Waals surface area contributed by atoms with Crippen LogP contribution < -0.4 is 4.90 Å². The molecule has 60 heavy (non-hydrogen) atoms. The number of benzene rings is 8. The predicted octanol–water partition coefficient (Wildman–Crippen LogP) is 15.5. The molecule has 12 rings (SSSR count). The summed E-state index contributed by atoms with van der Waals surface area (Å²) in [7, 11) is 0. The molecule has 0 bridgehead atoms. The van der Waals surface area contributed by atoms with E-state index in [2.05, 4.69) is 226 Å². The molecule has 0 aliphatic heterocycles. The predicted molar refractivity (Wildman–Crippen MR) is 251 cm³/mol. The van der Waals surface area contributed by atoms with Gasteiger partial charge in [0.15, 0.2) is 0 Å². The number of nitrogens with zero attached hydrogens (tertiary/aromatic N) is 1. The van der Waals surface area contributed by atoms with Gasteiger partial charge in [-0.2, -0.15) is 0 Å². The van der Waals surface area contributed by atoms with Crippen LogP contribution in [0.1, 0.15) is 60.6 Å². The van der Waals surface area contributed by atoms with Crippen LogP contribution in [-0.2, 0) is 10.8 Å². The summed E-state index contributed by atoms with van der Waals surface area (Å²) in [5, 5.41) is 0. The normalized spacial score (nSPS) is 18.4. The lowest BCUT2D eigenvalue weighted by atomic mass is 9.65. The highest BCUT2D eigenvalue weighted by molar-refractivity contribution is 5.98. The maximum absolute atomic E-state index is 2.54. The Labute approximate surface area is 353 Å². The zero-order chi connectivity index (χ0) is 40.2. The molecule has 2 atom stereocenters. The smallest absolute Gasteiger partial charge is 0.0691 e. The van der Waals surface area contributed by atoms with Crippen LogP contribution in [-0.4, -0.2) is 0 Å². The molecule has 1 spiro atoms. The zero-order valence-corrected chi connectivity index (χ0v) is 34.3. The molecule has 4 aliphatic carbocycles. The van der Waals surface area contributed by atoms with E-state index in [1.807, 2.05) is 0 Å². The van der Waals surface area contributed by atoms with Gasteiger partial charge < -0.3 is 4.90 Å². The van der Waals surface area contributed by atoms with Gasteiger partial charge in [-0.05, 0) is 144 Å². The van der Waals surface area contributed by atoms with Crippen molar-refractivity contribution in [3.8, 4) is 44.5 Å². The van der Waals surface area contributed by atoms with Gasteiger partial charge in [-0.25, -0.2) is 0 Å². The summed E-state index contributed by atoms with van der Waals surface area (Å²) >= 11 is 0. The van der Waals surface area contributed by atoms with Crippen LogP contribution in [0.3, 0.4) is 0 Å². The summed E-state index contributed by atoms with van der Waals surface area (Å²) in [5.41, 5.74) is 24.4. The molecule has 8 aromatic carbocycles. The van der Waals surface area contributed by atoms with Gasteiger partial charge in [-0.15, -0.1) is 0 Å². The second-order valence-electron chi connectivity index (χ2n) is 17.7. The minimum absolute atomic E-state index is 0.112. The highest BCUT2D eigenvalue weighted by atomic mass is 15.1. The highest BCUT2D eigenvalue weighted by Gasteiger charge is 2.54. The third-order valence-electron chi connectivity index (χ3n) is 14.1. The van der Waals surface area contributed by atoms with Gasteiger partial charge in [-0.1, -0.05) is 179 Å². The fraction of sp³-hybridized carbons (Fsp3) is 0.119. The first-order valence-corrected chi connectivity index (χ1v) is 21.5. The Hall–Kier alpha value is -6.96. The molecule has 0 aromatic heterocycles. The second-order valence-corrected chi connectivity index (χ2v) is 17.7. The average Bonchev–Trinajstić information content (AvgIpc) is 3.85. The van der Waals surface area contributed by atoms with Gasteiger partial charge in [0, 0.05) is 22.5 Å². The van der Waals surface area contributed by atoms with Crippen molar-refractivity contribution in [2.45, 2.75) is 38.0 Å². The van der Waals surface area contributed by atoms with Crippen molar-refractivity contribution in [3.63, 3.8) is 0 Å². The minimum atomic E-state index is -0.365. The molecule has 0 N–H and O–H groups in total. The molecule has 1 heteroatoms. The number of anilines is 3. The number of allylic oxidation sites excluding steroid dienone is 4. The number of hydrogen-bond acceptors (Lipinski definition) is 1. The molecule has 8 aromatic rings. The summed E-state index contributed by atoms with van der Waals surface area (Å²) in [5.74, 6) is 0.405. The van der Waals surface area contributed by atoms with E-state index in [0.717, 1.165) is 23.5 Å². The number of hydrogen-bond donors (Lipinski definition) is 0. The lowest BCUT2D eigenvalue weighted by Gasteiger charge is -2.37. The molecule has 2 unspecified atom stereocenters. The van der Waals surface area contributed by atoms with Crippen molar-refractivity contribution < 1.29 is 0 Å². The third kappa shape index (κ3) is 4.87. The van der Waals surface area contributed by atoms with Crippen molar-refractivity contribution in [1.29, 1.82) is 0 Å². The second kappa shape index (κ2) is 13.0. The fourth-order valence-corrected chi connectivity index (χ4v) is 11.4.